The first kappa shape index (κ1) is 12.6. The molecule has 18 heavy (non-hydrogen) atoms. The lowest BCUT2D eigenvalue weighted by molar-refractivity contribution is 0.248. The number of fused-ring (bicyclic) bond motifs is 1. The zero-order chi connectivity index (χ0) is 13.1. The normalized spacial score (nSPS) is 10.8. The van der Waals surface area contributed by atoms with Crippen LogP contribution in [0, 0.1) is 5.82 Å². The molecule has 0 aliphatic carbocycles. The van der Waals surface area contributed by atoms with Gasteiger partial charge in [-0.1, -0.05) is 0 Å². The van der Waals surface area contributed by atoms with E-state index in [9.17, 15) is 9.18 Å². The minimum atomic E-state index is -0.585. The van der Waals surface area contributed by atoms with E-state index in [2.05, 4.69) is 10.3 Å². The number of hydrogen-bond donors (Lipinski definition) is 2. The molecule has 1 heterocycles. The van der Waals surface area contributed by atoms with E-state index >= 15 is 0 Å². The summed E-state index contributed by atoms with van der Waals surface area (Å²) in [7, 11) is 0. The fourth-order valence-corrected chi connectivity index (χ4v) is 2.00. The van der Waals surface area contributed by atoms with Crippen molar-refractivity contribution in [2.45, 2.75) is 12.4 Å². The highest BCUT2D eigenvalue weighted by molar-refractivity contribution is 6.16. The lowest BCUT2D eigenvalue weighted by Crippen LogP contribution is -2.32. The Morgan fingerprint density at radius 3 is 3.00 bits per heavy atom. The number of alkyl halides is 1. The van der Waals surface area contributed by atoms with E-state index < -0.39 is 6.03 Å². The third-order valence-electron chi connectivity index (χ3n) is 2.54. The quantitative estimate of drug-likeness (QED) is 0.828. The Hall–Kier alpha value is -1.82. The first-order valence-electron chi connectivity index (χ1n) is 5.35. The van der Waals surface area contributed by atoms with E-state index in [0.717, 1.165) is 5.52 Å². The topological polar surface area (TPSA) is 72.9 Å². The molecule has 0 saturated carbocycles. The van der Waals surface area contributed by atoms with Crippen LogP contribution < -0.4 is 11.1 Å². The van der Waals surface area contributed by atoms with Crippen LogP contribution in [0.4, 0.5) is 9.18 Å². The fourth-order valence-electron chi connectivity index (χ4n) is 1.80. The number of nitrogens with zero attached hydrogens (tertiary/aromatic N) is 2. The number of aromatic nitrogens is 2. The molecule has 96 valence electrons. The molecule has 5 nitrogen and oxygen atoms in total. The lowest BCUT2D eigenvalue weighted by atomic mass is 10.3. The fraction of sp³-hybridized carbons (Fsp3) is 0.273. The Morgan fingerprint density at radius 1 is 1.56 bits per heavy atom. The minimum Gasteiger partial charge on any atom is -0.352 e. The Kier molecular flexibility index (Phi) is 3.66. The summed E-state index contributed by atoms with van der Waals surface area (Å²) in [5.74, 6) is 0.499. The van der Waals surface area contributed by atoms with E-state index in [4.69, 9.17) is 17.3 Å². The number of nitrogens with two attached hydrogens (primary N) is 1. The average Bonchev–Trinajstić information content (AvgIpc) is 2.66. The zero-order valence-corrected chi connectivity index (χ0v) is 10.2. The highest BCUT2D eigenvalue weighted by Crippen LogP contribution is 2.18. The van der Waals surface area contributed by atoms with E-state index in [1.54, 1.807) is 6.07 Å². The summed E-state index contributed by atoms with van der Waals surface area (Å²) in [5.41, 5.74) is 6.31. The summed E-state index contributed by atoms with van der Waals surface area (Å²) in [4.78, 5) is 14.8. The van der Waals surface area contributed by atoms with Crippen LogP contribution in [0.1, 0.15) is 5.82 Å². The molecular weight excluding hydrogens is 259 g/mol. The van der Waals surface area contributed by atoms with Gasteiger partial charge in [0.25, 0.3) is 0 Å². The molecule has 0 aliphatic rings. The predicted molar refractivity (Wildman–Crippen MR) is 66.8 cm³/mol. The van der Waals surface area contributed by atoms with E-state index in [0.29, 0.717) is 24.4 Å². The van der Waals surface area contributed by atoms with Gasteiger partial charge in [-0.3, -0.25) is 0 Å². The number of carbonyl (C=O) groups is 1. The van der Waals surface area contributed by atoms with Gasteiger partial charge in [0.2, 0.25) is 0 Å². The molecule has 0 aliphatic heterocycles. The standard InChI is InChI=1S/C11H12ClFN4O/c12-6-10-16-8-5-7(13)1-2-9(8)17(10)4-3-15-11(14)18/h1-2,5H,3-4,6H2,(H3,14,15,18). The molecule has 3 N–H and O–H groups in total. The second kappa shape index (κ2) is 5.22. The third-order valence-corrected chi connectivity index (χ3v) is 2.78. The molecule has 1 aromatic carbocycles. The monoisotopic (exact) mass is 270 g/mol. The molecule has 2 aromatic rings. The smallest absolute Gasteiger partial charge is 0.312 e. The average molecular weight is 271 g/mol. The van der Waals surface area contributed by atoms with E-state index in [-0.39, 0.29) is 11.7 Å². The molecule has 2 amide bonds. The van der Waals surface area contributed by atoms with Crippen molar-refractivity contribution in [2.24, 2.45) is 5.73 Å². The summed E-state index contributed by atoms with van der Waals surface area (Å²) >= 11 is 5.80. The van der Waals surface area contributed by atoms with Gasteiger partial charge in [0.1, 0.15) is 11.6 Å². The minimum absolute atomic E-state index is 0.215. The van der Waals surface area contributed by atoms with E-state index in [1.807, 2.05) is 4.57 Å². The van der Waals surface area contributed by atoms with Crippen LogP contribution in [0.15, 0.2) is 18.2 Å². The number of primary amides is 1. The van der Waals surface area contributed by atoms with Crippen molar-refractivity contribution in [1.82, 2.24) is 14.9 Å². The van der Waals surface area contributed by atoms with Crippen molar-refractivity contribution in [3.05, 3.63) is 29.8 Å². The van der Waals surface area contributed by atoms with Crippen molar-refractivity contribution in [3.8, 4) is 0 Å². The number of halogens is 2. The highest BCUT2D eigenvalue weighted by atomic mass is 35.5. The summed E-state index contributed by atoms with van der Waals surface area (Å²) in [6.45, 7) is 0.842. The zero-order valence-electron chi connectivity index (χ0n) is 9.49. The van der Waals surface area contributed by atoms with Crippen LogP contribution >= 0.6 is 11.6 Å². The van der Waals surface area contributed by atoms with Gasteiger partial charge in [0.05, 0.1) is 16.9 Å². The van der Waals surface area contributed by atoms with Crippen molar-refractivity contribution < 1.29 is 9.18 Å². The van der Waals surface area contributed by atoms with E-state index in [1.165, 1.54) is 12.1 Å². The molecule has 0 saturated heterocycles. The third kappa shape index (κ3) is 2.53. The predicted octanol–water partition coefficient (Wildman–Crippen LogP) is 1.58. The molecule has 0 fully saturated rings. The number of hydrogen-bond acceptors (Lipinski definition) is 2. The number of urea groups is 1. The maximum atomic E-state index is 13.1. The van der Waals surface area contributed by atoms with Gasteiger partial charge in [-0.15, -0.1) is 11.6 Å². The van der Waals surface area contributed by atoms with Crippen molar-refractivity contribution >= 4 is 28.7 Å². The number of rotatable bonds is 4. The Labute approximate surface area is 108 Å². The van der Waals surface area contributed by atoms with Crippen LogP contribution in [0.3, 0.4) is 0 Å². The number of nitrogens with one attached hydrogen (secondary N) is 1. The molecule has 1 aromatic heterocycles. The Bertz CT molecular complexity index is 584. The van der Waals surface area contributed by atoms with Gasteiger partial charge in [0, 0.05) is 19.2 Å². The number of benzene rings is 1. The van der Waals surface area contributed by atoms with Gasteiger partial charge >= 0.3 is 6.03 Å². The molecule has 0 atom stereocenters. The molecule has 0 radical (unpaired) electrons. The van der Waals surface area contributed by atoms with Crippen molar-refractivity contribution in [1.29, 1.82) is 0 Å². The number of carbonyl (C=O) groups excluding carboxylic acids is 1. The molecule has 0 bridgehead atoms. The SMILES string of the molecule is NC(=O)NCCn1c(CCl)nc2cc(F)ccc21. The van der Waals surface area contributed by atoms with Gasteiger partial charge < -0.3 is 15.6 Å². The second-order valence-corrected chi connectivity index (χ2v) is 4.00. The lowest BCUT2D eigenvalue weighted by Gasteiger charge is -2.07. The van der Waals surface area contributed by atoms with Crippen LogP contribution in [0.5, 0.6) is 0 Å². The first-order valence-corrected chi connectivity index (χ1v) is 5.89. The summed E-state index contributed by atoms with van der Waals surface area (Å²) in [6, 6.07) is 3.76. The Morgan fingerprint density at radius 2 is 2.33 bits per heavy atom. The maximum Gasteiger partial charge on any atom is 0.312 e. The second-order valence-electron chi connectivity index (χ2n) is 3.74. The molecule has 7 heteroatoms. The number of amides is 2. The van der Waals surface area contributed by atoms with Crippen molar-refractivity contribution in [3.63, 3.8) is 0 Å². The summed E-state index contributed by atoms with van der Waals surface area (Å²) < 4.78 is 14.9. The van der Waals surface area contributed by atoms with Gasteiger partial charge in [-0.25, -0.2) is 14.2 Å². The van der Waals surface area contributed by atoms with Crippen LogP contribution in [-0.4, -0.2) is 22.1 Å². The maximum absolute atomic E-state index is 13.1. The van der Waals surface area contributed by atoms with Crippen molar-refractivity contribution in [2.75, 3.05) is 6.54 Å². The number of imidazole rings is 1. The first-order chi connectivity index (χ1) is 8.61. The van der Waals surface area contributed by atoms with Crippen LogP contribution in [0.2, 0.25) is 0 Å². The van der Waals surface area contributed by atoms with Gasteiger partial charge in [0.15, 0.2) is 0 Å². The van der Waals surface area contributed by atoms with Gasteiger partial charge in [-0.2, -0.15) is 0 Å². The summed E-state index contributed by atoms with van der Waals surface area (Å²) in [6.07, 6.45) is 0. The molecular formula is C11H12ClFN4O. The van der Waals surface area contributed by atoms with Crippen LogP contribution in [-0.2, 0) is 12.4 Å². The highest BCUT2D eigenvalue weighted by Gasteiger charge is 2.10. The largest absolute Gasteiger partial charge is 0.352 e. The molecule has 0 spiro atoms. The molecule has 0 unspecified atom stereocenters. The van der Waals surface area contributed by atoms with Gasteiger partial charge in [-0.05, 0) is 12.1 Å². The summed E-state index contributed by atoms with van der Waals surface area (Å²) in [5, 5.41) is 2.48. The van der Waals surface area contributed by atoms with Crippen LogP contribution in [0.25, 0.3) is 11.0 Å². The Balaban J connectivity index is 2.31. The molecule has 2 rings (SSSR count).